The fourth-order valence-corrected chi connectivity index (χ4v) is 4.11. The average Bonchev–Trinajstić information content (AvgIpc) is 3.12. The molecule has 0 spiro atoms. The second-order valence-corrected chi connectivity index (χ2v) is 8.88. The van der Waals surface area contributed by atoms with Crippen LogP contribution < -0.4 is 0 Å². The maximum absolute atomic E-state index is 12.5. The molecule has 0 saturated carbocycles. The summed E-state index contributed by atoms with van der Waals surface area (Å²) in [5.41, 5.74) is -0.618. The normalized spacial score (nSPS) is 16.0. The van der Waals surface area contributed by atoms with Gasteiger partial charge in [-0.15, -0.1) is 0 Å². The lowest BCUT2D eigenvalue weighted by Gasteiger charge is -2.19. The van der Waals surface area contributed by atoms with E-state index in [1.165, 1.54) is 21.1 Å². The zero-order valence-corrected chi connectivity index (χ0v) is 15.8. The van der Waals surface area contributed by atoms with Crippen LogP contribution in [0.3, 0.4) is 0 Å². The number of hydrogen-bond acceptors (Lipinski definition) is 6. The van der Waals surface area contributed by atoms with Gasteiger partial charge in [0.05, 0.1) is 0 Å². The number of rotatable bonds is 5. The van der Waals surface area contributed by atoms with E-state index in [0.29, 0.717) is 13.1 Å². The first kappa shape index (κ1) is 19.5. The topological polar surface area (TPSA) is 94.9 Å². The number of carbonyl (C=O) groups is 2. The van der Waals surface area contributed by atoms with Crippen molar-refractivity contribution in [3.05, 3.63) is 18.0 Å². The third-order valence-electron chi connectivity index (χ3n) is 3.63. The monoisotopic (exact) mass is 372 g/mol. The highest BCUT2D eigenvalue weighted by Crippen LogP contribution is 2.22. The van der Waals surface area contributed by atoms with Gasteiger partial charge in [0.15, 0.2) is 6.61 Å². The zero-order valence-electron chi connectivity index (χ0n) is 14.9. The largest absolute Gasteiger partial charge is 0.457 e. The molecular formula is C16H24N2O6S. The first-order valence-electron chi connectivity index (χ1n) is 8.06. The molecule has 2 rings (SSSR count). The van der Waals surface area contributed by atoms with E-state index in [2.05, 4.69) is 0 Å². The molecule has 140 valence electrons. The first-order valence-corrected chi connectivity index (χ1v) is 9.50. The molecule has 0 aliphatic carbocycles. The van der Waals surface area contributed by atoms with Crippen molar-refractivity contribution in [3.8, 4) is 0 Å². The fraction of sp³-hybridized carbons (Fsp3) is 0.625. The predicted octanol–water partition coefficient (Wildman–Crippen LogP) is 1.31. The average molecular weight is 372 g/mol. The van der Waals surface area contributed by atoms with Gasteiger partial charge in [-0.05, 0) is 39.7 Å². The van der Waals surface area contributed by atoms with Gasteiger partial charge in [0.2, 0.25) is 10.0 Å². The number of hydrogen-bond donors (Lipinski definition) is 0. The number of esters is 2. The van der Waals surface area contributed by atoms with E-state index in [1.807, 2.05) is 0 Å². The summed E-state index contributed by atoms with van der Waals surface area (Å²) in [7, 11) is -2.07. The second-order valence-electron chi connectivity index (χ2n) is 6.95. The molecule has 0 atom stereocenters. The SMILES string of the molecule is Cn1cc(S(=O)(=O)N2CCCC2)cc1C(=O)OCC(=O)OC(C)(C)C. The van der Waals surface area contributed by atoms with Crippen molar-refractivity contribution in [2.75, 3.05) is 19.7 Å². The van der Waals surface area contributed by atoms with Crippen LogP contribution in [0.25, 0.3) is 0 Å². The standard InChI is InChI=1S/C16H24N2O6S/c1-16(2,3)24-14(19)11-23-15(20)13-9-12(10-17(13)4)25(21,22)18-7-5-6-8-18/h9-10H,5-8,11H2,1-4H3. The summed E-state index contributed by atoms with van der Waals surface area (Å²) in [6.07, 6.45) is 3.03. The number of ether oxygens (including phenoxy) is 2. The molecule has 0 N–H and O–H groups in total. The second kappa shape index (κ2) is 7.17. The molecule has 0 radical (unpaired) electrons. The number of aryl methyl sites for hydroxylation is 1. The van der Waals surface area contributed by atoms with E-state index in [-0.39, 0.29) is 10.6 Å². The van der Waals surface area contributed by atoms with Gasteiger partial charge in [0.25, 0.3) is 0 Å². The minimum absolute atomic E-state index is 0.0427. The summed E-state index contributed by atoms with van der Waals surface area (Å²) in [6, 6.07) is 1.27. The van der Waals surface area contributed by atoms with Crippen LogP contribution in [0.15, 0.2) is 17.2 Å². The summed E-state index contributed by atoms with van der Waals surface area (Å²) in [6.45, 7) is 5.55. The Morgan fingerprint density at radius 2 is 1.80 bits per heavy atom. The number of carbonyl (C=O) groups excluding carboxylic acids is 2. The molecule has 1 aromatic rings. The maximum atomic E-state index is 12.5. The molecule has 8 nitrogen and oxygen atoms in total. The van der Waals surface area contributed by atoms with Crippen LogP contribution in [0, 0.1) is 0 Å². The molecule has 2 heterocycles. The first-order chi connectivity index (χ1) is 11.5. The van der Waals surface area contributed by atoms with Crippen LogP contribution in [0.5, 0.6) is 0 Å². The molecular weight excluding hydrogens is 348 g/mol. The molecule has 0 amide bonds. The smallest absolute Gasteiger partial charge is 0.355 e. The highest BCUT2D eigenvalue weighted by Gasteiger charge is 2.30. The Morgan fingerprint density at radius 1 is 1.20 bits per heavy atom. The molecule has 0 aromatic carbocycles. The molecule has 0 unspecified atom stereocenters. The lowest BCUT2D eigenvalue weighted by Crippen LogP contribution is -2.27. The number of aromatic nitrogens is 1. The molecule has 1 aliphatic rings. The van der Waals surface area contributed by atoms with Crippen molar-refractivity contribution in [2.24, 2.45) is 7.05 Å². The van der Waals surface area contributed by atoms with E-state index in [1.54, 1.807) is 27.8 Å². The summed E-state index contributed by atoms with van der Waals surface area (Å²) in [5, 5.41) is 0. The van der Waals surface area contributed by atoms with Gasteiger partial charge in [-0.25, -0.2) is 18.0 Å². The third kappa shape index (κ3) is 4.82. The lowest BCUT2D eigenvalue weighted by molar-refractivity contribution is -0.158. The van der Waals surface area contributed by atoms with Gasteiger partial charge in [-0.3, -0.25) is 0 Å². The highest BCUT2D eigenvalue weighted by atomic mass is 32.2. The molecule has 1 saturated heterocycles. The summed E-state index contributed by atoms with van der Waals surface area (Å²) in [4.78, 5) is 23.8. The van der Waals surface area contributed by atoms with Crippen molar-refractivity contribution in [2.45, 2.75) is 44.1 Å². The van der Waals surface area contributed by atoms with Crippen LogP contribution in [0.4, 0.5) is 0 Å². The van der Waals surface area contributed by atoms with E-state index in [9.17, 15) is 18.0 Å². The summed E-state index contributed by atoms with van der Waals surface area (Å²) in [5.74, 6) is -1.45. The summed E-state index contributed by atoms with van der Waals surface area (Å²) >= 11 is 0. The maximum Gasteiger partial charge on any atom is 0.355 e. The van der Waals surface area contributed by atoms with Gasteiger partial charge in [0, 0.05) is 26.3 Å². The van der Waals surface area contributed by atoms with Gasteiger partial charge in [0.1, 0.15) is 16.2 Å². The van der Waals surface area contributed by atoms with Crippen molar-refractivity contribution >= 4 is 22.0 Å². The minimum atomic E-state index is -3.62. The van der Waals surface area contributed by atoms with Gasteiger partial charge < -0.3 is 14.0 Å². The van der Waals surface area contributed by atoms with Crippen LogP contribution in [0.1, 0.15) is 44.1 Å². The zero-order chi connectivity index (χ0) is 18.8. The van der Waals surface area contributed by atoms with E-state index < -0.39 is 34.2 Å². The predicted molar refractivity (Wildman–Crippen MR) is 89.5 cm³/mol. The Labute approximate surface area is 147 Å². The fourth-order valence-electron chi connectivity index (χ4n) is 2.53. The third-order valence-corrected chi connectivity index (χ3v) is 5.50. The van der Waals surface area contributed by atoms with Gasteiger partial charge in [-0.1, -0.05) is 0 Å². The molecule has 1 fully saturated rings. The van der Waals surface area contributed by atoms with Crippen molar-refractivity contribution in [3.63, 3.8) is 0 Å². The molecule has 1 aliphatic heterocycles. The molecule has 0 bridgehead atoms. The molecule has 25 heavy (non-hydrogen) atoms. The Bertz CT molecular complexity index is 754. The minimum Gasteiger partial charge on any atom is -0.457 e. The molecule has 9 heteroatoms. The van der Waals surface area contributed by atoms with Gasteiger partial charge >= 0.3 is 11.9 Å². The van der Waals surface area contributed by atoms with Crippen LogP contribution in [0.2, 0.25) is 0 Å². The van der Waals surface area contributed by atoms with E-state index >= 15 is 0 Å². The Balaban J connectivity index is 2.06. The van der Waals surface area contributed by atoms with Crippen molar-refractivity contribution in [1.29, 1.82) is 0 Å². The van der Waals surface area contributed by atoms with Crippen molar-refractivity contribution < 1.29 is 27.5 Å². The van der Waals surface area contributed by atoms with Gasteiger partial charge in [-0.2, -0.15) is 4.31 Å². The lowest BCUT2D eigenvalue weighted by atomic mass is 10.2. The quantitative estimate of drug-likeness (QED) is 0.723. The van der Waals surface area contributed by atoms with Crippen molar-refractivity contribution in [1.82, 2.24) is 8.87 Å². The Kier molecular flexibility index (Phi) is 5.58. The summed E-state index contributed by atoms with van der Waals surface area (Å²) < 4.78 is 37.8. The van der Waals surface area contributed by atoms with E-state index in [0.717, 1.165) is 12.8 Å². The Morgan fingerprint density at radius 3 is 2.36 bits per heavy atom. The van der Waals surface area contributed by atoms with Crippen LogP contribution in [-0.4, -0.2) is 54.5 Å². The Hall–Kier alpha value is -1.87. The number of nitrogens with zero attached hydrogens (tertiary/aromatic N) is 2. The highest BCUT2D eigenvalue weighted by molar-refractivity contribution is 7.89. The molecule has 1 aromatic heterocycles. The number of sulfonamides is 1. The van der Waals surface area contributed by atoms with Crippen LogP contribution in [-0.2, 0) is 31.3 Å². The van der Waals surface area contributed by atoms with E-state index in [4.69, 9.17) is 9.47 Å². The van der Waals surface area contributed by atoms with Crippen LogP contribution >= 0.6 is 0 Å².